The fraction of sp³-hybridized carbons (Fsp3) is 0.750. The van der Waals surface area contributed by atoms with Crippen molar-refractivity contribution in [2.24, 2.45) is 5.73 Å². The second-order valence-corrected chi connectivity index (χ2v) is 3.25. The van der Waals surface area contributed by atoms with Gasteiger partial charge in [0, 0.05) is 0 Å². The van der Waals surface area contributed by atoms with Crippen molar-refractivity contribution in [1.29, 1.82) is 0 Å². The Labute approximate surface area is 63.3 Å². The molecule has 66 valence electrons. The van der Waals surface area contributed by atoms with Gasteiger partial charge in [-0.05, 0) is 13.8 Å². The highest BCUT2D eigenvalue weighted by atomic mass is 31.2. The number of rotatable bonds is 3. The number of carbonyl (C=O) groups excluding carboxylic acids is 1. The van der Waals surface area contributed by atoms with Crippen LogP contribution in [0.5, 0.6) is 0 Å². The van der Waals surface area contributed by atoms with Crippen molar-refractivity contribution < 1.29 is 22.6 Å². The minimum absolute atomic E-state index is 0.634. The Morgan fingerprint density at radius 3 is 2.36 bits per heavy atom. The normalized spacial score (nSPS) is 16.0. The lowest BCUT2D eigenvalue weighted by Crippen LogP contribution is -2.12. The third kappa shape index (κ3) is 5.82. The zero-order chi connectivity index (χ0) is 9.07. The van der Waals surface area contributed by atoms with Crippen molar-refractivity contribution in [3.63, 3.8) is 0 Å². The Morgan fingerprint density at radius 2 is 2.09 bits per heavy atom. The van der Waals surface area contributed by atoms with Gasteiger partial charge in [0.2, 0.25) is 0 Å². The fourth-order valence-electron chi connectivity index (χ4n) is 0.381. The average molecular weight is 185 g/mol. The van der Waals surface area contributed by atoms with E-state index in [0.29, 0.717) is 0 Å². The lowest BCUT2D eigenvalue weighted by molar-refractivity contribution is 0.152. The molecule has 7 heteroatoms. The van der Waals surface area contributed by atoms with Crippen LogP contribution in [0.25, 0.3) is 0 Å². The van der Waals surface area contributed by atoms with Crippen LogP contribution >= 0.6 is 7.91 Å². The van der Waals surface area contributed by atoms with Gasteiger partial charge in [-0.25, -0.2) is 9.36 Å². The van der Waals surface area contributed by atoms with Crippen LogP contribution in [0.2, 0.25) is 0 Å². The predicted molar refractivity (Wildman–Crippen MR) is 35.6 cm³/mol. The molecule has 1 unspecified atom stereocenters. The first kappa shape index (κ1) is 10.4. The number of carbonyl (C=O) groups is 1. The summed E-state index contributed by atoms with van der Waals surface area (Å²) in [5.41, 5.74) is 4.40. The molecule has 1 amide bonds. The van der Waals surface area contributed by atoms with Crippen molar-refractivity contribution in [2.75, 3.05) is 0 Å². The van der Waals surface area contributed by atoms with Gasteiger partial charge in [0.25, 0.3) is 0 Å². The van der Waals surface area contributed by atoms with Crippen LogP contribution in [-0.4, -0.2) is 12.2 Å². The SMILES string of the molecule is CC(C)OP(=O)(F)OC(N)=O. The van der Waals surface area contributed by atoms with E-state index in [9.17, 15) is 13.6 Å². The molecule has 0 bridgehead atoms. The number of halogens is 1. The summed E-state index contributed by atoms with van der Waals surface area (Å²) in [6, 6.07) is 0. The lowest BCUT2D eigenvalue weighted by Gasteiger charge is -2.09. The third-order valence-corrected chi connectivity index (χ3v) is 1.61. The van der Waals surface area contributed by atoms with E-state index in [1.807, 2.05) is 0 Å². The lowest BCUT2D eigenvalue weighted by atomic mass is 10.5. The van der Waals surface area contributed by atoms with Gasteiger partial charge in [-0.15, -0.1) is 4.20 Å². The highest BCUT2D eigenvalue weighted by Gasteiger charge is 2.29. The van der Waals surface area contributed by atoms with Gasteiger partial charge < -0.3 is 10.3 Å². The predicted octanol–water partition coefficient (Wildman–Crippen LogP) is 1.58. The molecule has 0 saturated carbocycles. The minimum Gasteiger partial charge on any atom is -0.350 e. The van der Waals surface area contributed by atoms with Crippen molar-refractivity contribution >= 4 is 14.0 Å². The molecule has 0 aromatic rings. The first-order valence-corrected chi connectivity index (χ1v) is 4.24. The molecule has 0 heterocycles. The quantitative estimate of drug-likeness (QED) is 0.677. The number of primary amides is 1. The van der Waals surface area contributed by atoms with Gasteiger partial charge in [-0.2, -0.15) is 0 Å². The number of hydrogen-bond donors (Lipinski definition) is 1. The molecule has 0 spiro atoms. The van der Waals surface area contributed by atoms with Gasteiger partial charge in [0.05, 0.1) is 6.10 Å². The van der Waals surface area contributed by atoms with Crippen LogP contribution in [0, 0.1) is 0 Å². The molecule has 2 N–H and O–H groups in total. The maximum atomic E-state index is 12.4. The largest absolute Gasteiger partial charge is 0.573 e. The van der Waals surface area contributed by atoms with E-state index in [-0.39, 0.29) is 0 Å². The summed E-state index contributed by atoms with van der Waals surface area (Å²) >= 11 is 0. The van der Waals surface area contributed by atoms with Crippen molar-refractivity contribution in [3.8, 4) is 0 Å². The highest BCUT2D eigenvalue weighted by molar-refractivity contribution is 7.48. The smallest absolute Gasteiger partial charge is 0.350 e. The van der Waals surface area contributed by atoms with Gasteiger partial charge in [0.15, 0.2) is 0 Å². The second-order valence-electron chi connectivity index (χ2n) is 2.00. The summed E-state index contributed by atoms with van der Waals surface area (Å²) in [6.45, 7) is 2.88. The Bertz CT molecular complexity index is 195. The molecule has 0 fully saturated rings. The standard InChI is InChI=1S/C4H9FNO4P/c1-3(2)9-11(5,8)10-4(6)7/h3H,1-2H3,(H2,6,7). The van der Waals surface area contributed by atoms with E-state index in [1.54, 1.807) is 0 Å². The van der Waals surface area contributed by atoms with Crippen LogP contribution in [0.4, 0.5) is 8.99 Å². The fourth-order valence-corrected chi connectivity index (χ4v) is 1.14. The molecule has 0 aromatic carbocycles. The Hall–Kier alpha value is -0.610. The first-order chi connectivity index (χ1) is 4.83. The van der Waals surface area contributed by atoms with E-state index in [2.05, 4.69) is 14.8 Å². The number of amides is 1. The summed E-state index contributed by atoms with van der Waals surface area (Å²) in [7, 11) is -4.78. The summed E-state index contributed by atoms with van der Waals surface area (Å²) in [5.74, 6) is 0. The van der Waals surface area contributed by atoms with E-state index >= 15 is 0 Å². The van der Waals surface area contributed by atoms with E-state index < -0.39 is 20.1 Å². The Kier molecular flexibility index (Phi) is 3.48. The van der Waals surface area contributed by atoms with Crippen molar-refractivity contribution in [1.82, 2.24) is 0 Å². The highest BCUT2D eigenvalue weighted by Crippen LogP contribution is 2.50. The molecule has 0 radical (unpaired) electrons. The van der Waals surface area contributed by atoms with E-state index in [4.69, 9.17) is 0 Å². The topological polar surface area (TPSA) is 78.6 Å². The molecule has 0 aromatic heterocycles. The molecular formula is C4H9FNO4P. The molecule has 11 heavy (non-hydrogen) atoms. The minimum atomic E-state index is -4.78. The molecule has 0 aliphatic rings. The second kappa shape index (κ2) is 3.69. The molecule has 1 atom stereocenters. The third-order valence-electron chi connectivity index (χ3n) is 0.536. The van der Waals surface area contributed by atoms with Gasteiger partial charge in [-0.3, -0.25) is 4.52 Å². The van der Waals surface area contributed by atoms with E-state index in [1.165, 1.54) is 13.8 Å². The molecule has 0 rings (SSSR count). The first-order valence-electron chi connectivity index (χ1n) is 2.80. The zero-order valence-corrected chi connectivity index (χ0v) is 7.01. The van der Waals surface area contributed by atoms with Crippen LogP contribution in [0.1, 0.15) is 13.8 Å². The van der Waals surface area contributed by atoms with Crippen LogP contribution < -0.4 is 5.73 Å². The van der Waals surface area contributed by atoms with Crippen molar-refractivity contribution in [3.05, 3.63) is 0 Å². The summed E-state index contributed by atoms with van der Waals surface area (Å²) < 4.78 is 30.5. The van der Waals surface area contributed by atoms with Crippen LogP contribution in [0.15, 0.2) is 0 Å². The zero-order valence-electron chi connectivity index (χ0n) is 6.11. The molecule has 5 nitrogen and oxygen atoms in total. The van der Waals surface area contributed by atoms with Gasteiger partial charge >= 0.3 is 14.0 Å². The number of nitrogens with two attached hydrogens (primary N) is 1. The van der Waals surface area contributed by atoms with E-state index in [0.717, 1.165) is 0 Å². The average Bonchev–Trinajstić information content (AvgIpc) is 1.53. The van der Waals surface area contributed by atoms with Crippen molar-refractivity contribution in [2.45, 2.75) is 20.0 Å². The Balaban J connectivity index is 4.01. The van der Waals surface area contributed by atoms with Gasteiger partial charge in [0.1, 0.15) is 0 Å². The molecule has 0 saturated heterocycles. The monoisotopic (exact) mass is 185 g/mol. The summed E-state index contributed by atoms with van der Waals surface area (Å²) in [6.07, 6.45) is -2.10. The Morgan fingerprint density at radius 1 is 1.64 bits per heavy atom. The van der Waals surface area contributed by atoms with Crippen LogP contribution in [-0.2, 0) is 13.6 Å². The summed E-state index contributed by atoms with van der Waals surface area (Å²) in [5, 5.41) is 0. The van der Waals surface area contributed by atoms with Gasteiger partial charge in [-0.1, -0.05) is 0 Å². The maximum absolute atomic E-state index is 12.4. The maximum Gasteiger partial charge on any atom is 0.573 e. The van der Waals surface area contributed by atoms with Crippen LogP contribution in [0.3, 0.4) is 0 Å². The molecular weight excluding hydrogens is 176 g/mol. The number of hydrogen-bond acceptors (Lipinski definition) is 4. The molecule has 0 aliphatic carbocycles. The molecule has 0 aliphatic heterocycles. The summed E-state index contributed by atoms with van der Waals surface area (Å²) in [4.78, 5) is 9.90.